The lowest BCUT2D eigenvalue weighted by Gasteiger charge is -2.38. The molecule has 4 rings (SSSR count). The monoisotopic (exact) mass is 443 g/mol. The molecule has 0 radical (unpaired) electrons. The van der Waals surface area contributed by atoms with E-state index in [1.807, 2.05) is 0 Å². The van der Waals surface area contributed by atoms with Gasteiger partial charge >= 0.3 is 12.8 Å². The van der Waals surface area contributed by atoms with Gasteiger partial charge in [0.25, 0.3) is 5.92 Å². The highest BCUT2D eigenvalue weighted by Crippen LogP contribution is 2.53. The van der Waals surface area contributed by atoms with Crippen LogP contribution in [0.15, 0.2) is 29.1 Å². The zero-order valence-electron chi connectivity index (χ0n) is 14.5. The lowest BCUT2D eigenvalue weighted by Crippen LogP contribution is -2.46. The Hall–Kier alpha value is -2.04. The van der Waals surface area contributed by atoms with E-state index in [0.717, 1.165) is 4.90 Å². The van der Waals surface area contributed by atoms with E-state index in [2.05, 4.69) is 14.7 Å². The van der Waals surface area contributed by atoms with Gasteiger partial charge in [0.15, 0.2) is 11.6 Å². The van der Waals surface area contributed by atoms with Crippen LogP contribution in [-0.2, 0) is 16.2 Å². The van der Waals surface area contributed by atoms with Gasteiger partial charge in [0.05, 0.1) is 11.5 Å². The third-order valence-electron chi connectivity index (χ3n) is 5.32. The maximum Gasteiger partial charge on any atom is 0.396 e. The second-order valence-corrected chi connectivity index (χ2v) is 7.49. The van der Waals surface area contributed by atoms with Crippen LogP contribution in [0.4, 0.5) is 30.7 Å². The number of nitrogens with zero attached hydrogens (tertiary/aromatic N) is 3. The number of aliphatic imine (C=N–C) groups is 1. The van der Waals surface area contributed by atoms with Crippen LogP contribution in [0.1, 0.15) is 24.0 Å². The molecule has 29 heavy (non-hydrogen) atoms. The van der Waals surface area contributed by atoms with Gasteiger partial charge in [-0.3, -0.25) is 4.99 Å². The summed E-state index contributed by atoms with van der Waals surface area (Å²) in [5.41, 5.74) is -1.87. The van der Waals surface area contributed by atoms with Crippen LogP contribution < -0.4 is 0 Å². The molecule has 0 bridgehead atoms. The van der Waals surface area contributed by atoms with Gasteiger partial charge in [-0.2, -0.15) is 22.0 Å². The van der Waals surface area contributed by atoms with Gasteiger partial charge in [-0.1, -0.05) is 11.6 Å². The molecule has 0 amide bonds. The Morgan fingerprint density at radius 1 is 1.24 bits per heavy atom. The maximum absolute atomic E-state index is 14.5. The minimum absolute atomic E-state index is 0.0237. The van der Waals surface area contributed by atoms with Crippen LogP contribution in [0.5, 0.6) is 0 Å². The average Bonchev–Trinajstić information content (AvgIpc) is 2.97. The van der Waals surface area contributed by atoms with Crippen molar-refractivity contribution < 1.29 is 35.5 Å². The zero-order chi connectivity index (χ0) is 21.2. The van der Waals surface area contributed by atoms with Crippen molar-refractivity contribution in [2.45, 2.75) is 37.1 Å². The van der Waals surface area contributed by atoms with Crippen molar-refractivity contribution in [3.63, 3.8) is 0 Å². The number of amidine groups is 1. The highest BCUT2D eigenvalue weighted by molar-refractivity contribution is 6.30. The standard InChI is InChI=1S/C17H13ClF7N3O/c18-12-11-9(1-4-26-12)15(2-3-16(11,21)22)7-28-6-8(17(23,24)25)5-10(13(28)27-15)29-14(19)20/h1,4-5,8,14H,2-3,6-7H2/t8?,15-/m1/s1. The fraction of sp³-hybridized carbons (Fsp3) is 0.529. The summed E-state index contributed by atoms with van der Waals surface area (Å²) in [5.74, 6) is -6.28. The number of halogens is 8. The number of rotatable bonds is 2. The van der Waals surface area contributed by atoms with Gasteiger partial charge in [0.2, 0.25) is 0 Å². The van der Waals surface area contributed by atoms with Gasteiger partial charge in [0, 0.05) is 25.7 Å². The highest BCUT2D eigenvalue weighted by Gasteiger charge is 2.55. The summed E-state index contributed by atoms with van der Waals surface area (Å²) in [6.45, 7) is -4.14. The number of pyridine rings is 1. The SMILES string of the molecule is FC(F)OC1=CC(C(F)(F)F)CN2C[C@@]3(CCC(F)(F)c4c3ccnc4Cl)N=C12. The molecule has 0 aromatic carbocycles. The largest absolute Gasteiger partial charge is 0.431 e. The third-order valence-corrected chi connectivity index (χ3v) is 5.61. The van der Waals surface area contributed by atoms with Gasteiger partial charge in [-0.25, -0.2) is 13.8 Å². The molecule has 0 N–H and O–H groups in total. The van der Waals surface area contributed by atoms with Gasteiger partial charge in [0.1, 0.15) is 10.7 Å². The summed E-state index contributed by atoms with van der Waals surface area (Å²) in [6.07, 6.45) is -3.80. The summed E-state index contributed by atoms with van der Waals surface area (Å²) in [5, 5.41) is -0.426. The van der Waals surface area contributed by atoms with Crippen LogP contribution in [0.2, 0.25) is 5.15 Å². The molecule has 4 nitrogen and oxygen atoms in total. The first-order chi connectivity index (χ1) is 13.4. The van der Waals surface area contributed by atoms with E-state index in [1.165, 1.54) is 12.3 Å². The summed E-state index contributed by atoms with van der Waals surface area (Å²) in [6, 6.07) is 1.29. The number of hydrogen-bond acceptors (Lipinski definition) is 4. The quantitative estimate of drug-likeness (QED) is 0.485. The molecule has 0 saturated carbocycles. The number of ether oxygens (including phenoxy) is 1. The predicted molar refractivity (Wildman–Crippen MR) is 87.8 cm³/mol. The number of hydrogen-bond donors (Lipinski definition) is 0. The van der Waals surface area contributed by atoms with E-state index >= 15 is 0 Å². The molecule has 0 fully saturated rings. The molecule has 158 valence electrons. The minimum Gasteiger partial charge on any atom is -0.431 e. The second kappa shape index (κ2) is 6.48. The Morgan fingerprint density at radius 2 is 1.97 bits per heavy atom. The Kier molecular flexibility index (Phi) is 4.52. The van der Waals surface area contributed by atoms with Crippen molar-refractivity contribution in [1.29, 1.82) is 0 Å². The zero-order valence-corrected chi connectivity index (χ0v) is 15.2. The van der Waals surface area contributed by atoms with Crippen molar-refractivity contribution in [3.05, 3.63) is 40.4 Å². The normalized spacial score (nSPS) is 28.2. The molecule has 0 saturated heterocycles. The molecule has 3 heterocycles. The molecule has 1 spiro atoms. The van der Waals surface area contributed by atoms with Gasteiger partial charge in [-0.15, -0.1) is 0 Å². The fourth-order valence-electron chi connectivity index (χ4n) is 4.07. The number of aromatic nitrogens is 1. The molecule has 1 aromatic rings. The Labute approximate surface area is 165 Å². The van der Waals surface area contributed by atoms with E-state index in [9.17, 15) is 30.7 Å². The summed E-state index contributed by atoms with van der Waals surface area (Å²) in [7, 11) is 0. The lowest BCUT2D eigenvalue weighted by atomic mass is 9.76. The third kappa shape index (κ3) is 3.32. The molecule has 2 atom stereocenters. The van der Waals surface area contributed by atoms with E-state index in [1.54, 1.807) is 0 Å². The molecule has 1 aliphatic carbocycles. The lowest BCUT2D eigenvalue weighted by molar-refractivity contribution is -0.166. The summed E-state index contributed by atoms with van der Waals surface area (Å²) < 4.78 is 98.6. The molecule has 1 aromatic heterocycles. The van der Waals surface area contributed by atoms with E-state index in [4.69, 9.17) is 11.6 Å². The first-order valence-corrected chi connectivity index (χ1v) is 8.92. The molecule has 1 unspecified atom stereocenters. The Balaban J connectivity index is 1.81. The minimum atomic E-state index is -4.69. The van der Waals surface area contributed by atoms with Crippen molar-refractivity contribution in [2.24, 2.45) is 10.9 Å². The second-order valence-electron chi connectivity index (χ2n) is 7.13. The average molecular weight is 444 g/mol. The van der Waals surface area contributed by atoms with E-state index in [0.29, 0.717) is 6.08 Å². The predicted octanol–water partition coefficient (Wildman–Crippen LogP) is 4.85. The Bertz CT molecular complexity index is 902. The van der Waals surface area contributed by atoms with Crippen LogP contribution in [0.3, 0.4) is 0 Å². The van der Waals surface area contributed by atoms with Crippen molar-refractivity contribution in [3.8, 4) is 0 Å². The van der Waals surface area contributed by atoms with Gasteiger partial charge in [-0.05, 0) is 24.1 Å². The van der Waals surface area contributed by atoms with Crippen LogP contribution in [0, 0.1) is 5.92 Å². The Morgan fingerprint density at radius 3 is 2.62 bits per heavy atom. The number of fused-ring (bicyclic) bond motifs is 3. The topological polar surface area (TPSA) is 37.7 Å². The van der Waals surface area contributed by atoms with E-state index in [-0.39, 0.29) is 24.4 Å². The summed E-state index contributed by atoms with van der Waals surface area (Å²) in [4.78, 5) is 9.15. The summed E-state index contributed by atoms with van der Waals surface area (Å²) >= 11 is 5.88. The van der Waals surface area contributed by atoms with E-state index < -0.39 is 59.6 Å². The maximum atomic E-state index is 14.5. The molecule has 12 heteroatoms. The first-order valence-electron chi connectivity index (χ1n) is 8.55. The molecular formula is C17H13ClF7N3O. The molecule has 3 aliphatic rings. The van der Waals surface area contributed by atoms with Crippen LogP contribution in [0.25, 0.3) is 0 Å². The number of alkyl halides is 7. The van der Waals surface area contributed by atoms with Gasteiger partial charge < -0.3 is 9.64 Å². The van der Waals surface area contributed by atoms with Crippen molar-refractivity contribution >= 4 is 17.4 Å². The first kappa shape index (κ1) is 20.2. The highest BCUT2D eigenvalue weighted by atomic mass is 35.5. The van der Waals surface area contributed by atoms with Crippen molar-refractivity contribution in [2.75, 3.05) is 13.1 Å². The van der Waals surface area contributed by atoms with Crippen molar-refractivity contribution in [1.82, 2.24) is 9.88 Å². The molecule has 2 aliphatic heterocycles. The fourth-order valence-corrected chi connectivity index (χ4v) is 4.37. The van der Waals surface area contributed by atoms with Crippen LogP contribution >= 0.6 is 11.6 Å². The van der Waals surface area contributed by atoms with Crippen LogP contribution in [-0.4, -0.2) is 41.6 Å². The molecular weight excluding hydrogens is 431 g/mol. The smallest absolute Gasteiger partial charge is 0.396 e.